The lowest BCUT2D eigenvalue weighted by Crippen LogP contribution is -2.13. The zero-order chi connectivity index (χ0) is 13.1. The molecule has 94 valence electrons. The smallest absolute Gasteiger partial charge is 0.269 e. The minimum Gasteiger partial charge on any atom is -0.364 e. The average Bonchev–Trinajstić information content (AvgIpc) is 2.81. The number of hydrogen-bond donors (Lipinski definition) is 2. The van der Waals surface area contributed by atoms with E-state index in [-0.39, 0.29) is 5.69 Å². The predicted molar refractivity (Wildman–Crippen MR) is 66.6 cm³/mol. The summed E-state index contributed by atoms with van der Waals surface area (Å²) in [5, 5.41) is 7.09. The summed E-state index contributed by atoms with van der Waals surface area (Å²) in [7, 11) is 0. The van der Waals surface area contributed by atoms with Gasteiger partial charge in [0.25, 0.3) is 5.91 Å². The van der Waals surface area contributed by atoms with Gasteiger partial charge in [0.1, 0.15) is 5.69 Å². The van der Waals surface area contributed by atoms with Gasteiger partial charge in [-0.15, -0.1) is 0 Å². The molecule has 7 nitrogen and oxygen atoms in total. The van der Waals surface area contributed by atoms with Crippen LogP contribution in [0.15, 0.2) is 18.5 Å². The summed E-state index contributed by atoms with van der Waals surface area (Å²) in [6.07, 6.45) is 3.34. The second kappa shape index (κ2) is 4.82. The van der Waals surface area contributed by atoms with Crippen molar-refractivity contribution in [2.24, 2.45) is 5.73 Å². The molecular weight excluding hydrogens is 232 g/mol. The molecule has 2 heterocycles. The molecule has 0 unspecified atom stereocenters. The Kier molecular flexibility index (Phi) is 3.22. The molecule has 3 N–H and O–H groups in total. The van der Waals surface area contributed by atoms with Crippen LogP contribution in [0.3, 0.4) is 0 Å². The van der Waals surface area contributed by atoms with Gasteiger partial charge in [-0.3, -0.25) is 4.79 Å². The number of nitrogens with two attached hydrogens (primary N) is 1. The third-order valence-corrected chi connectivity index (χ3v) is 2.34. The molecule has 18 heavy (non-hydrogen) atoms. The predicted octanol–water partition coefficient (Wildman–Crippen LogP) is 0.501. The van der Waals surface area contributed by atoms with Gasteiger partial charge in [0, 0.05) is 24.5 Å². The summed E-state index contributed by atoms with van der Waals surface area (Å²) in [4.78, 5) is 19.5. The Bertz CT molecular complexity index is 577. The number of rotatable bonds is 4. The highest BCUT2D eigenvalue weighted by molar-refractivity contribution is 5.90. The van der Waals surface area contributed by atoms with E-state index in [4.69, 9.17) is 5.73 Å². The Morgan fingerprint density at radius 2 is 2.33 bits per heavy atom. The van der Waals surface area contributed by atoms with Crippen LogP contribution in [0.4, 0.5) is 5.95 Å². The molecule has 0 aliphatic rings. The van der Waals surface area contributed by atoms with Crippen LogP contribution in [0.25, 0.3) is 5.82 Å². The van der Waals surface area contributed by atoms with Gasteiger partial charge in [-0.05, 0) is 19.9 Å². The molecule has 0 atom stereocenters. The van der Waals surface area contributed by atoms with Gasteiger partial charge in [0.15, 0.2) is 5.82 Å². The van der Waals surface area contributed by atoms with Crippen molar-refractivity contribution in [3.63, 3.8) is 0 Å². The molecule has 0 fully saturated rings. The summed E-state index contributed by atoms with van der Waals surface area (Å²) < 4.78 is 1.51. The Balaban J connectivity index is 2.41. The normalized spacial score (nSPS) is 10.3. The molecule has 0 aliphatic heterocycles. The lowest BCUT2D eigenvalue weighted by atomic mass is 10.3. The molecule has 0 saturated carbocycles. The highest BCUT2D eigenvalue weighted by Gasteiger charge is 2.10. The van der Waals surface area contributed by atoms with Crippen LogP contribution in [0.2, 0.25) is 0 Å². The summed E-state index contributed by atoms with van der Waals surface area (Å²) in [5.74, 6) is 0.579. The molecule has 0 bridgehead atoms. The SMILES string of the molecule is CCNc1ncc(C)c(-n2ccc(C(N)=O)n2)n1. The van der Waals surface area contributed by atoms with Crippen molar-refractivity contribution in [1.29, 1.82) is 0 Å². The van der Waals surface area contributed by atoms with Gasteiger partial charge in [-0.1, -0.05) is 0 Å². The molecule has 0 aromatic carbocycles. The first kappa shape index (κ1) is 12.0. The number of amides is 1. The fraction of sp³-hybridized carbons (Fsp3) is 0.273. The van der Waals surface area contributed by atoms with Gasteiger partial charge < -0.3 is 11.1 Å². The van der Waals surface area contributed by atoms with Crippen LogP contribution in [0, 0.1) is 6.92 Å². The zero-order valence-corrected chi connectivity index (χ0v) is 10.2. The second-order valence-corrected chi connectivity index (χ2v) is 3.74. The van der Waals surface area contributed by atoms with Crippen molar-refractivity contribution in [3.8, 4) is 5.82 Å². The largest absolute Gasteiger partial charge is 0.364 e. The lowest BCUT2D eigenvalue weighted by molar-refractivity contribution is 0.0995. The number of primary amides is 1. The number of hydrogen-bond acceptors (Lipinski definition) is 5. The van der Waals surface area contributed by atoms with Crippen molar-refractivity contribution in [2.75, 3.05) is 11.9 Å². The first-order valence-corrected chi connectivity index (χ1v) is 5.55. The van der Waals surface area contributed by atoms with E-state index in [1.807, 2.05) is 13.8 Å². The quantitative estimate of drug-likeness (QED) is 0.818. The van der Waals surface area contributed by atoms with Crippen molar-refractivity contribution in [3.05, 3.63) is 29.7 Å². The topological polar surface area (TPSA) is 98.7 Å². The van der Waals surface area contributed by atoms with E-state index in [1.54, 1.807) is 18.5 Å². The van der Waals surface area contributed by atoms with E-state index < -0.39 is 5.91 Å². The number of aromatic nitrogens is 4. The van der Waals surface area contributed by atoms with E-state index >= 15 is 0 Å². The highest BCUT2D eigenvalue weighted by Crippen LogP contribution is 2.12. The van der Waals surface area contributed by atoms with Gasteiger partial charge in [-0.25, -0.2) is 9.67 Å². The summed E-state index contributed by atoms with van der Waals surface area (Å²) >= 11 is 0. The first-order chi connectivity index (χ1) is 8.61. The first-order valence-electron chi connectivity index (χ1n) is 5.55. The van der Waals surface area contributed by atoms with Crippen molar-refractivity contribution >= 4 is 11.9 Å². The second-order valence-electron chi connectivity index (χ2n) is 3.74. The number of aryl methyl sites for hydroxylation is 1. The Morgan fingerprint density at radius 1 is 1.56 bits per heavy atom. The molecule has 7 heteroatoms. The monoisotopic (exact) mass is 246 g/mol. The fourth-order valence-corrected chi connectivity index (χ4v) is 1.48. The maximum Gasteiger partial charge on any atom is 0.269 e. The molecular formula is C11H14N6O. The number of nitrogens with one attached hydrogen (secondary N) is 1. The summed E-state index contributed by atoms with van der Waals surface area (Å²) in [5.41, 5.74) is 6.22. The van der Waals surface area contributed by atoms with Crippen LogP contribution in [0.1, 0.15) is 23.0 Å². The lowest BCUT2D eigenvalue weighted by Gasteiger charge is -2.07. The van der Waals surface area contributed by atoms with Crippen LogP contribution >= 0.6 is 0 Å². The molecule has 0 aliphatic carbocycles. The fourth-order valence-electron chi connectivity index (χ4n) is 1.48. The number of carbonyl (C=O) groups excluding carboxylic acids is 1. The average molecular weight is 246 g/mol. The standard InChI is InChI=1S/C11H14N6O/c1-3-13-11-14-6-7(2)10(15-11)17-5-4-8(16-17)9(12)18/h4-6H,3H2,1-2H3,(H2,12,18)(H,13,14,15). The maximum absolute atomic E-state index is 11.0. The van der Waals surface area contributed by atoms with Crippen LogP contribution < -0.4 is 11.1 Å². The van der Waals surface area contributed by atoms with Crippen molar-refractivity contribution in [1.82, 2.24) is 19.7 Å². The third-order valence-electron chi connectivity index (χ3n) is 2.34. The number of anilines is 1. The van der Waals surface area contributed by atoms with Gasteiger partial charge in [0.05, 0.1) is 0 Å². The van der Waals surface area contributed by atoms with Crippen LogP contribution in [-0.4, -0.2) is 32.2 Å². The third kappa shape index (κ3) is 2.29. The Labute approximate surface area is 104 Å². The zero-order valence-electron chi connectivity index (χ0n) is 10.2. The molecule has 1 amide bonds. The van der Waals surface area contributed by atoms with E-state index in [9.17, 15) is 4.79 Å². The van der Waals surface area contributed by atoms with Gasteiger partial charge in [0.2, 0.25) is 5.95 Å². The summed E-state index contributed by atoms with van der Waals surface area (Å²) in [6.45, 7) is 4.56. The van der Waals surface area contributed by atoms with E-state index in [0.29, 0.717) is 11.8 Å². The summed E-state index contributed by atoms with van der Waals surface area (Å²) in [6, 6.07) is 1.55. The molecule has 0 spiro atoms. The van der Waals surface area contributed by atoms with Gasteiger partial charge in [-0.2, -0.15) is 10.1 Å². The molecule has 2 aromatic heterocycles. The van der Waals surface area contributed by atoms with Gasteiger partial charge >= 0.3 is 0 Å². The van der Waals surface area contributed by atoms with Crippen LogP contribution in [0.5, 0.6) is 0 Å². The van der Waals surface area contributed by atoms with E-state index in [1.165, 1.54) is 4.68 Å². The van der Waals surface area contributed by atoms with Crippen LogP contribution in [-0.2, 0) is 0 Å². The number of carbonyl (C=O) groups is 1. The molecule has 0 saturated heterocycles. The molecule has 0 radical (unpaired) electrons. The minimum absolute atomic E-state index is 0.206. The molecule has 2 rings (SSSR count). The highest BCUT2D eigenvalue weighted by atomic mass is 16.1. The minimum atomic E-state index is -0.563. The van der Waals surface area contributed by atoms with E-state index in [2.05, 4.69) is 20.4 Å². The van der Waals surface area contributed by atoms with E-state index in [0.717, 1.165) is 12.1 Å². The maximum atomic E-state index is 11.0. The molecule has 2 aromatic rings. The number of nitrogens with zero attached hydrogens (tertiary/aromatic N) is 4. The Hall–Kier alpha value is -2.44. The Morgan fingerprint density at radius 3 is 2.94 bits per heavy atom. The van der Waals surface area contributed by atoms with Crippen molar-refractivity contribution < 1.29 is 4.79 Å². The van der Waals surface area contributed by atoms with Crippen molar-refractivity contribution in [2.45, 2.75) is 13.8 Å².